The van der Waals surface area contributed by atoms with Crippen molar-refractivity contribution >= 4 is 27.5 Å². The Hall–Kier alpha value is -0.0900. The lowest BCUT2D eigenvalue weighted by atomic mass is 9.70. The number of hydrogen-bond donors (Lipinski definition) is 1. The summed E-state index contributed by atoms with van der Waals surface area (Å²) in [6, 6.07) is 5.68. The third-order valence-corrected chi connectivity index (χ3v) is 5.74. The zero-order valence-electron chi connectivity index (χ0n) is 10.7. The van der Waals surface area contributed by atoms with Crippen molar-refractivity contribution in [2.75, 3.05) is 6.61 Å². The van der Waals surface area contributed by atoms with Crippen molar-refractivity contribution in [1.82, 2.24) is 0 Å². The van der Waals surface area contributed by atoms with E-state index in [1.54, 1.807) is 0 Å². The maximum Gasteiger partial charge on any atom is 0.0820 e. The van der Waals surface area contributed by atoms with E-state index in [0.29, 0.717) is 10.9 Å². The van der Waals surface area contributed by atoms with Crippen LogP contribution in [0.3, 0.4) is 0 Å². The molecule has 0 bridgehead atoms. The molecule has 19 heavy (non-hydrogen) atoms. The molecule has 1 aromatic carbocycles. The number of hydrogen-bond acceptors (Lipinski definition) is 2. The Kier molecular flexibility index (Phi) is 3.91. The van der Waals surface area contributed by atoms with Gasteiger partial charge in [0.05, 0.1) is 16.7 Å². The fourth-order valence-electron chi connectivity index (χ4n) is 3.22. The smallest absolute Gasteiger partial charge is 0.0820 e. The van der Waals surface area contributed by atoms with Gasteiger partial charge in [-0.1, -0.05) is 17.7 Å². The van der Waals surface area contributed by atoms with Crippen LogP contribution in [0.1, 0.15) is 43.8 Å². The lowest BCUT2D eigenvalue weighted by Gasteiger charge is -2.48. The Morgan fingerprint density at radius 3 is 2.84 bits per heavy atom. The van der Waals surface area contributed by atoms with Crippen molar-refractivity contribution in [3.63, 3.8) is 0 Å². The third-order valence-electron chi connectivity index (χ3n) is 4.53. The summed E-state index contributed by atoms with van der Waals surface area (Å²) in [5, 5.41) is 11.3. The number of halogens is 2. The van der Waals surface area contributed by atoms with Crippen LogP contribution < -0.4 is 0 Å². The normalized spacial score (nSPS) is 27.0. The monoisotopic (exact) mass is 344 g/mol. The van der Waals surface area contributed by atoms with Crippen LogP contribution in [0, 0.1) is 5.92 Å². The van der Waals surface area contributed by atoms with Crippen LogP contribution in [-0.4, -0.2) is 17.3 Å². The van der Waals surface area contributed by atoms with E-state index in [0.717, 1.165) is 42.3 Å². The number of rotatable bonds is 2. The van der Waals surface area contributed by atoms with Crippen LogP contribution in [0.5, 0.6) is 0 Å². The Balaban J connectivity index is 1.75. The fourth-order valence-corrected chi connectivity index (χ4v) is 3.74. The molecular weight excluding hydrogens is 328 g/mol. The van der Waals surface area contributed by atoms with E-state index < -0.39 is 6.10 Å². The van der Waals surface area contributed by atoms with Crippen LogP contribution in [0.4, 0.5) is 0 Å². The summed E-state index contributed by atoms with van der Waals surface area (Å²) in [5.41, 5.74) is 1.02. The maximum atomic E-state index is 10.6. The molecule has 104 valence electrons. The predicted molar refractivity (Wildman–Crippen MR) is 79.4 cm³/mol. The first-order valence-corrected chi connectivity index (χ1v) is 8.04. The molecule has 2 unspecified atom stereocenters. The van der Waals surface area contributed by atoms with E-state index in [1.165, 1.54) is 6.42 Å². The summed E-state index contributed by atoms with van der Waals surface area (Å²) in [7, 11) is 0. The van der Waals surface area contributed by atoms with Gasteiger partial charge in [0.25, 0.3) is 0 Å². The number of aliphatic hydroxyl groups excluding tert-OH is 1. The molecule has 0 radical (unpaired) electrons. The van der Waals surface area contributed by atoms with Gasteiger partial charge in [-0.25, -0.2) is 0 Å². The van der Waals surface area contributed by atoms with Crippen LogP contribution in [0.15, 0.2) is 22.7 Å². The summed E-state index contributed by atoms with van der Waals surface area (Å²) in [6.07, 6.45) is 5.06. The summed E-state index contributed by atoms with van der Waals surface area (Å²) >= 11 is 9.42. The highest BCUT2D eigenvalue weighted by atomic mass is 79.9. The summed E-state index contributed by atoms with van der Waals surface area (Å²) < 4.78 is 6.76. The van der Waals surface area contributed by atoms with Gasteiger partial charge in [-0.2, -0.15) is 0 Å². The van der Waals surface area contributed by atoms with Gasteiger partial charge in [-0.3, -0.25) is 0 Å². The Morgan fingerprint density at radius 2 is 2.21 bits per heavy atom. The van der Waals surface area contributed by atoms with Crippen LogP contribution in [0.25, 0.3) is 0 Å². The average Bonchev–Trinajstić information content (AvgIpc) is 2.39. The number of ether oxygens (including phenoxy) is 1. The van der Waals surface area contributed by atoms with E-state index in [-0.39, 0.29) is 5.60 Å². The lowest BCUT2D eigenvalue weighted by Crippen LogP contribution is -2.46. The largest absolute Gasteiger partial charge is 0.388 e. The van der Waals surface area contributed by atoms with Crippen molar-refractivity contribution < 1.29 is 9.84 Å². The minimum atomic E-state index is -0.421. The average molecular weight is 346 g/mol. The van der Waals surface area contributed by atoms with E-state index in [1.807, 2.05) is 18.2 Å². The predicted octanol–water partition coefficient (Wildman–Crippen LogP) is 4.49. The van der Waals surface area contributed by atoms with Gasteiger partial charge in [0.15, 0.2) is 0 Å². The molecule has 2 fully saturated rings. The topological polar surface area (TPSA) is 29.5 Å². The SMILES string of the molecule is OC(c1ccc(Cl)c(Br)c1)C1CCOC2(CCC2)C1. The molecule has 1 heterocycles. The Bertz CT molecular complexity index is 473. The van der Waals surface area contributed by atoms with Gasteiger partial charge in [-0.15, -0.1) is 0 Å². The first-order valence-electron chi connectivity index (χ1n) is 6.87. The molecule has 1 aliphatic carbocycles. The molecule has 1 N–H and O–H groups in total. The van der Waals surface area contributed by atoms with Crippen molar-refractivity contribution in [2.45, 2.75) is 43.8 Å². The molecule has 1 spiro atoms. The van der Waals surface area contributed by atoms with Crippen LogP contribution in [-0.2, 0) is 4.74 Å². The lowest BCUT2D eigenvalue weighted by molar-refractivity contribution is -0.157. The molecule has 1 aliphatic heterocycles. The molecule has 3 rings (SSSR count). The zero-order valence-corrected chi connectivity index (χ0v) is 13.1. The number of benzene rings is 1. The second kappa shape index (κ2) is 5.36. The van der Waals surface area contributed by atoms with Crippen molar-refractivity contribution in [3.8, 4) is 0 Å². The van der Waals surface area contributed by atoms with Crippen molar-refractivity contribution in [3.05, 3.63) is 33.3 Å². The molecule has 2 nitrogen and oxygen atoms in total. The first-order chi connectivity index (χ1) is 9.10. The minimum Gasteiger partial charge on any atom is -0.388 e. The van der Waals surface area contributed by atoms with Crippen molar-refractivity contribution in [2.24, 2.45) is 5.92 Å². The molecule has 1 saturated heterocycles. The second-order valence-electron chi connectivity index (χ2n) is 5.76. The van der Waals surface area contributed by atoms with Gasteiger partial charge in [0, 0.05) is 11.1 Å². The van der Waals surface area contributed by atoms with Gasteiger partial charge in [0.2, 0.25) is 0 Å². The van der Waals surface area contributed by atoms with Gasteiger partial charge < -0.3 is 9.84 Å². The minimum absolute atomic E-state index is 0.0769. The maximum absolute atomic E-state index is 10.6. The third kappa shape index (κ3) is 2.71. The highest BCUT2D eigenvalue weighted by Gasteiger charge is 2.44. The molecule has 2 atom stereocenters. The summed E-state index contributed by atoms with van der Waals surface area (Å²) in [6.45, 7) is 0.774. The Labute approximate surface area is 127 Å². The van der Waals surface area contributed by atoms with Gasteiger partial charge >= 0.3 is 0 Å². The van der Waals surface area contributed by atoms with E-state index in [2.05, 4.69) is 15.9 Å². The summed E-state index contributed by atoms with van der Waals surface area (Å²) in [4.78, 5) is 0. The van der Waals surface area contributed by atoms with E-state index >= 15 is 0 Å². The molecule has 0 amide bonds. The molecule has 4 heteroatoms. The molecule has 1 aromatic rings. The van der Waals surface area contributed by atoms with E-state index in [9.17, 15) is 5.11 Å². The fraction of sp³-hybridized carbons (Fsp3) is 0.600. The highest BCUT2D eigenvalue weighted by Crippen LogP contribution is 2.47. The van der Waals surface area contributed by atoms with Gasteiger partial charge in [-0.05, 0) is 71.6 Å². The van der Waals surface area contributed by atoms with Crippen LogP contribution >= 0.6 is 27.5 Å². The zero-order chi connectivity index (χ0) is 13.5. The summed E-state index contributed by atoms with van der Waals surface area (Å²) in [5.74, 6) is 0.294. The Morgan fingerprint density at radius 1 is 1.42 bits per heavy atom. The van der Waals surface area contributed by atoms with Crippen molar-refractivity contribution in [1.29, 1.82) is 0 Å². The quantitative estimate of drug-likeness (QED) is 0.856. The highest BCUT2D eigenvalue weighted by molar-refractivity contribution is 9.10. The standard InChI is InChI=1S/C15H18BrClO2/c16-12-8-10(2-3-13(12)17)14(18)11-4-7-19-15(9-11)5-1-6-15/h2-3,8,11,14,18H,1,4-7,9H2. The van der Waals surface area contributed by atoms with E-state index in [4.69, 9.17) is 16.3 Å². The van der Waals surface area contributed by atoms with Gasteiger partial charge in [0.1, 0.15) is 0 Å². The first kappa shape index (κ1) is 13.9. The van der Waals surface area contributed by atoms with Crippen LogP contribution in [0.2, 0.25) is 5.02 Å². The molecule has 1 saturated carbocycles. The molecular formula is C15H18BrClO2. The number of aliphatic hydroxyl groups is 1. The molecule has 2 aliphatic rings. The second-order valence-corrected chi connectivity index (χ2v) is 7.02. The molecule has 0 aromatic heterocycles.